The molecule has 0 fully saturated rings. The van der Waals surface area contributed by atoms with Gasteiger partial charge in [0.1, 0.15) is 5.75 Å². The summed E-state index contributed by atoms with van der Waals surface area (Å²) in [4.78, 5) is 16.5. The maximum Gasteiger partial charge on any atom is 0.208 e. The van der Waals surface area contributed by atoms with Gasteiger partial charge in [-0.25, -0.2) is 4.98 Å². The number of ether oxygens (including phenoxy) is 1. The maximum absolute atomic E-state index is 12.0. The smallest absolute Gasteiger partial charge is 0.208 e. The molecule has 1 N–H and O–H groups in total. The van der Waals surface area contributed by atoms with Gasteiger partial charge in [-0.2, -0.15) is 0 Å². The van der Waals surface area contributed by atoms with Crippen LogP contribution in [0, 0.1) is 0 Å². The van der Waals surface area contributed by atoms with Crippen molar-refractivity contribution < 1.29 is 9.53 Å². The van der Waals surface area contributed by atoms with E-state index in [2.05, 4.69) is 15.2 Å². The van der Waals surface area contributed by atoms with Gasteiger partial charge in [0.2, 0.25) is 5.16 Å². The van der Waals surface area contributed by atoms with Gasteiger partial charge in [0.15, 0.2) is 11.6 Å². The average Bonchev–Trinajstić information content (AvgIpc) is 3.15. The second kappa shape index (κ2) is 8.48. The Labute approximate surface area is 150 Å². The fraction of sp³-hybridized carbons (Fsp3) is 0.211. The van der Waals surface area contributed by atoms with Gasteiger partial charge in [-0.05, 0) is 30.7 Å². The van der Waals surface area contributed by atoms with Crippen LogP contribution in [0.1, 0.15) is 23.2 Å². The number of H-pyrrole nitrogens is 1. The van der Waals surface area contributed by atoms with Gasteiger partial charge in [-0.1, -0.05) is 42.1 Å². The number of carbonyl (C=O) groups excluding carboxylic acids is 1. The lowest BCUT2D eigenvalue weighted by Gasteiger charge is -2.00. The summed E-state index contributed by atoms with van der Waals surface area (Å²) in [6, 6.07) is 17.0. The van der Waals surface area contributed by atoms with E-state index in [-0.39, 0.29) is 5.78 Å². The largest absolute Gasteiger partial charge is 0.497 e. The monoisotopic (exact) mass is 353 g/mol. The second-order valence-electron chi connectivity index (χ2n) is 5.44. The molecule has 0 amide bonds. The van der Waals surface area contributed by atoms with Crippen molar-refractivity contribution in [1.29, 1.82) is 0 Å². The molecular formula is C19H19N3O2S. The Balaban J connectivity index is 1.48. The highest BCUT2D eigenvalue weighted by Crippen LogP contribution is 2.22. The molecule has 0 bridgehead atoms. The molecule has 0 spiro atoms. The number of benzene rings is 2. The summed E-state index contributed by atoms with van der Waals surface area (Å²) < 4.78 is 5.15. The first-order valence-electron chi connectivity index (χ1n) is 8.04. The van der Waals surface area contributed by atoms with Crippen molar-refractivity contribution in [3.8, 4) is 17.1 Å². The number of thioether (sulfide) groups is 1. The van der Waals surface area contributed by atoms with E-state index in [0.29, 0.717) is 11.6 Å². The number of aromatic amines is 1. The van der Waals surface area contributed by atoms with E-state index in [1.807, 2.05) is 54.6 Å². The van der Waals surface area contributed by atoms with Crippen LogP contribution in [-0.4, -0.2) is 33.8 Å². The number of methoxy groups -OCH3 is 1. The van der Waals surface area contributed by atoms with E-state index in [1.165, 1.54) is 0 Å². The van der Waals surface area contributed by atoms with Gasteiger partial charge in [-0.15, -0.1) is 5.10 Å². The van der Waals surface area contributed by atoms with Crippen molar-refractivity contribution in [2.45, 2.75) is 18.0 Å². The standard InChI is InChI=1S/C19H19N3O2S/c1-24-16-11-9-15(10-12-16)18-20-19(22-21-18)25-13-5-8-17(23)14-6-3-2-4-7-14/h2-4,6-7,9-12H,5,8,13H2,1H3,(H,20,21,22). The molecule has 1 heterocycles. The highest BCUT2D eigenvalue weighted by Gasteiger charge is 2.08. The van der Waals surface area contributed by atoms with E-state index in [1.54, 1.807) is 18.9 Å². The normalized spacial score (nSPS) is 10.6. The van der Waals surface area contributed by atoms with Crippen molar-refractivity contribution in [2.75, 3.05) is 12.9 Å². The predicted octanol–water partition coefficient (Wildman–Crippen LogP) is 4.24. The number of aromatic nitrogens is 3. The van der Waals surface area contributed by atoms with Gasteiger partial charge in [0, 0.05) is 23.3 Å². The Hall–Kier alpha value is -2.60. The summed E-state index contributed by atoms with van der Waals surface area (Å²) in [5.74, 6) is 2.51. The van der Waals surface area contributed by atoms with Crippen molar-refractivity contribution >= 4 is 17.5 Å². The molecule has 0 aliphatic heterocycles. The van der Waals surface area contributed by atoms with Crippen LogP contribution in [0.5, 0.6) is 5.75 Å². The van der Waals surface area contributed by atoms with Gasteiger partial charge in [0.25, 0.3) is 0 Å². The SMILES string of the molecule is COc1ccc(-c2nc(SCCCC(=O)c3ccccc3)n[nH]2)cc1. The lowest BCUT2D eigenvalue weighted by molar-refractivity contribution is 0.0982. The summed E-state index contributed by atoms with van der Waals surface area (Å²) in [7, 11) is 1.64. The number of hydrogen-bond acceptors (Lipinski definition) is 5. The first kappa shape index (κ1) is 17.2. The quantitative estimate of drug-likeness (QED) is 0.373. The summed E-state index contributed by atoms with van der Waals surface area (Å²) in [6.45, 7) is 0. The highest BCUT2D eigenvalue weighted by molar-refractivity contribution is 7.99. The maximum atomic E-state index is 12.0. The van der Waals surface area contributed by atoms with Crippen molar-refractivity contribution in [2.24, 2.45) is 0 Å². The second-order valence-corrected chi connectivity index (χ2v) is 6.50. The predicted molar refractivity (Wildman–Crippen MR) is 99.1 cm³/mol. The van der Waals surface area contributed by atoms with Crippen LogP contribution >= 0.6 is 11.8 Å². The Bertz CT molecular complexity index is 816. The zero-order valence-corrected chi connectivity index (χ0v) is 14.8. The third-order valence-corrected chi connectivity index (χ3v) is 4.64. The Morgan fingerprint density at radius 3 is 2.60 bits per heavy atom. The molecule has 0 unspecified atom stereocenters. The molecule has 0 saturated carbocycles. The number of rotatable bonds is 8. The summed E-state index contributed by atoms with van der Waals surface area (Å²) in [5, 5.41) is 7.86. The molecule has 0 aliphatic carbocycles. The summed E-state index contributed by atoms with van der Waals surface area (Å²) in [5.41, 5.74) is 1.73. The summed E-state index contributed by atoms with van der Waals surface area (Å²) in [6.07, 6.45) is 1.33. The van der Waals surface area contributed by atoms with E-state index >= 15 is 0 Å². The Kier molecular flexibility index (Phi) is 5.85. The van der Waals surface area contributed by atoms with Crippen LogP contribution in [0.2, 0.25) is 0 Å². The van der Waals surface area contributed by atoms with Gasteiger partial charge >= 0.3 is 0 Å². The molecule has 128 valence electrons. The Morgan fingerprint density at radius 2 is 1.88 bits per heavy atom. The van der Waals surface area contributed by atoms with Gasteiger partial charge < -0.3 is 4.74 Å². The van der Waals surface area contributed by atoms with Crippen LogP contribution in [0.4, 0.5) is 0 Å². The number of nitrogens with one attached hydrogen (secondary N) is 1. The first-order chi connectivity index (χ1) is 12.3. The first-order valence-corrected chi connectivity index (χ1v) is 9.02. The third-order valence-electron chi connectivity index (χ3n) is 3.70. The zero-order chi connectivity index (χ0) is 17.5. The molecule has 0 atom stereocenters. The molecule has 1 aromatic heterocycles. The van der Waals surface area contributed by atoms with Crippen molar-refractivity contribution in [1.82, 2.24) is 15.2 Å². The minimum Gasteiger partial charge on any atom is -0.497 e. The van der Waals surface area contributed by atoms with Crippen LogP contribution < -0.4 is 4.74 Å². The number of hydrogen-bond donors (Lipinski definition) is 1. The minimum absolute atomic E-state index is 0.176. The Morgan fingerprint density at radius 1 is 1.12 bits per heavy atom. The van der Waals surface area contributed by atoms with E-state index in [4.69, 9.17) is 4.74 Å². The number of carbonyl (C=O) groups is 1. The zero-order valence-electron chi connectivity index (χ0n) is 13.9. The van der Waals surface area contributed by atoms with Crippen LogP contribution in [-0.2, 0) is 0 Å². The molecule has 2 aromatic carbocycles. The van der Waals surface area contributed by atoms with Crippen molar-refractivity contribution in [3.05, 3.63) is 60.2 Å². The molecule has 0 saturated heterocycles. The number of nitrogens with zero attached hydrogens (tertiary/aromatic N) is 2. The lowest BCUT2D eigenvalue weighted by atomic mass is 10.1. The van der Waals surface area contributed by atoms with Crippen LogP contribution in [0.3, 0.4) is 0 Å². The van der Waals surface area contributed by atoms with E-state index in [0.717, 1.165) is 34.9 Å². The summed E-state index contributed by atoms with van der Waals surface area (Å²) >= 11 is 1.55. The van der Waals surface area contributed by atoms with E-state index < -0.39 is 0 Å². The average molecular weight is 353 g/mol. The molecule has 6 heteroatoms. The minimum atomic E-state index is 0.176. The van der Waals surface area contributed by atoms with Crippen LogP contribution in [0.25, 0.3) is 11.4 Å². The number of Topliss-reactive ketones (excluding diaryl/α,β-unsaturated/α-hetero) is 1. The molecule has 0 aliphatic rings. The molecule has 25 heavy (non-hydrogen) atoms. The molecule has 0 radical (unpaired) electrons. The van der Waals surface area contributed by atoms with Gasteiger partial charge in [-0.3, -0.25) is 9.89 Å². The fourth-order valence-electron chi connectivity index (χ4n) is 2.35. The van der Waals surface area contributed by atoms with Crippen LogP contribution in [0.15, 0.2) is 59.8 Å². The molecule has 3 aromatic rings. The lowest BCUT2D eigenvalue weighted by Crippen LogP contribution is -1.99. The fourth-order valence-corrected chi connectivity index (χ4v) is 3.09. The third kappa shape index (κ3) is 4.70. The highest BCUT2D eigenvalue weighted by atomic mass is 32.2. The molecular weight excluding hydrogens is 334 g/mol. The van der Waals surface area contributed by atoms with Crippen molar-refractivity contribution in [3.63, 3.8) is 0 Å². The molecule has 3 rings (SSSR count). The topological polar surface area (TPSA) is 67.9 Å². The number of ketones is 1. The molecule has 5 nitrogen and oxygen atoms in total. The van der Waals surface area contributed by atoms with Gasteiger partial charge in [0.05, 0.1) is 7.11 Å². The van der Waals surface area contributed by atoms with E-state index in [9.17, 15) is 4.79 Å².